The first-order valence-electron chi connectivity index (χ1n) is 10.7. The first kappa shape index (κ1) is 28.8. The van der Waals surface area contributed by atoms with E-state index in [1.165, 1.54) is 14.2 Å². The average molecular weight is 471 g/mol. The molecule has 0 amide bonds. The molecule has 8 nitrogen and oxygen atoms in total. The quantitative estimate of drug-likeness (QED) is 0.209. The zero-order valence-corrected chi connectivity index (χ0v) is 20.0. The van der Waals surface area contributed by atoms with Gasteiger partial charge in [0, 0.05) is 12.8 Å². The van der Waals surface area contributed by atoms with E-state index < -0.39 is 19.7 Å². The number of hydrogen-bond donors (Lipinski definition) is 0. The van der Waals surface area contributed by atoms with Crippen LogP contribution in [0.1, 0.15) is 77.0 Å². The number of unbranched alkanes of at least 4 members (excludes halogenated alkanes) is 7. The molecule has 0 saturated carbocycles. The molecular weight excluding hydrogens is 432 g/mol. The van der Waals surface area contributed by atoms with Crippen LogP contribution in [0.5, 0.6) is 0 Å². The monoisotopic (exact) mass is 470 g/mol. The van der Waals surface area contributed by atoms with E-state index in [-0.39, 0.29) is 35.0 Å². The second-order valence-electron chi connectivity index (χ2n) is 7.49. The van der Waals surface area contributed by atoms with Crippen molar-refractivity contribution in [2.24, 2.45) is 0 Å². The van der Waals surface area contributed by atoms with Crippen LogP contribution in [0.2, 0.25) is 0 Å². The first-order chi connectivity index (χ1) is 14.1. The summed E-state index contributed by atoms with van der Waals surface area (Å²) in [6.07, 6.45) is 6.77. The predicted octanol–water partition coefficient (Wildman–Crippen LogP) is 2.84. The number of ether oxygens (including phenoxy) is 2. The van der Waals surface area contributed by atoms with E-state index in [2.05, 4.69) is 9.47 Å². The Morgan fingerprint density at radius 2 is 0.767 bits per heavy atom. The highest BCUT2D eigenvalue weighted by Gasteiger charge is 2.12. The number of rotatable bonds is 19. The highest BCUT2D eigenvalue weighted by atomic mass is 32.2. The fourth-order valence-electron chi connectivity index (χ4n) is 2.94. The minimum atomic E-state index is -3.10. The van der Waals surface area contributed by atoms with Gasteiger partial charge in [0.15, 0.2) is 0 Å². The van der Waals surface area contributed by atoms with Crippen molar-refractivity contribution in [2.75, 3.05) is 37.2 Å². The SMILES string of the molecule is COC(=O)CCCCCS(=O)(=O)CCCCCCS(=O)(=O)CCCCCC(=O)OC. The van der Waals surface area contributed by atoms with Gasteiger partial charge in [-0.1, -0.05) is 25.7 Å². The maximum Gasteiger partial charge on any atom is 0.305 e. The topological polar surface area (TPSA) is 121 Å². The smallest absolute Gasteiger partial charge is 0.305 e. The van der Waals surface area contributed by atoms with Gasteiger partial charge in [-0.15, -0.1) is 0 Å². The Morgan fingerprint density at radius 1 is 0.500 bits per heavy atom. The van der Waals surface area contributed by atoms with Gasteiger partial charge in [-0.2, -0.15) is 0 Å². The second kappa shape index (κ2) is 16.5. The molecule has 0 spiro atoms. The third kappa shape index (κ3) is 17.7. The van der Waals surface area contributed by atoms with Crippen LogP contribution in [-0.2, 0) is 38.7 Å². The lowest BCUT2D eigenvalue weighted by molar-refractivity contribution is -0.141. The number of carbonyl (C=O) groups is 2. The third-order valence-electron chi connectivity index (χ3n) is 4.79. The van der Waals surface area contributed by atoms with Gasteiger partial charge in [-0.3, -0.25) is 9.59 Å². The molecule has 0 rings (SSSR count). The zero-order chi connectivity index (χ0) is 22.9. The lowest BCUT2D eigenvalue weighted by atomic mass is 10.2. The van der Waals surface area contributed by atoms with Crippen molar-refractivity contribution in [1.82, 2.24) is 0 Å². The lowest BCUT2D eigenvalue weighted by Crippen LogP contribution is -2.12. The van der Waals surface area contributed by atoms with Crippen molar-refractivity contribution < 1.29 is 35.9 Å². The maximum absolute atomic E-state index is 12.0. The van der Waals surface area contributed by atoms with E-state index in [4.69, 9.17) is 0 Å². The molecule has 0 aliphatic rings. The van der Waals surface area contributed by atoms with E-state index in [9.17, 15) is 26.4 Å². The molecule has 0 saturated heterocycles. The summed E-state index contributed by atoms with van der Waals surface area (Å²) in [5, 5.41) is 0. The molecule has 0 N–H and O–H groups in total. The van der Waals surface area contributed by atoms with Crippen molar-refractivity contribution in [3.05, 3.63) is 0 Å². The molecule has 0 aromatic carbocycles. The van der Waals surface area contributed by atoms with Crippen LogP contribution in [-0.4, -0.2) is 66.0 Å². The number of esters is 2. The largest absolute Gasteiger partial charge is 0.469 e. The van der Waals surface area contributed by atoms with Crippen LogP contribution in [0.25, 0.3) is 0 Å². The van der Waals surface area contributed by atoms with Crippen LogP contribution < -0.4 is 0 Å². The van der Waals surface area contributed by atoms with Crippen LogP contribution in [0.4, 0.5) is 0 Å². The van der Waals surface area contributed by atoms with Gasteiger partial charge in [-0.05, 0) is 38.5 Å². The molecule has 0 heterocycles. The Balaban J connectivity index is 3.73. The fourth-order valence-corrected chi connectivity index (χ4v) is 5.93. The molecule has 30 heavy (non-hydrogen) atoms. The number of methoxy groups -OCH3 is 2. The fraction of sp³-hybridized carbons (Fsp3) is 0.900. The van der Waals surface area contributed by atoms with Gasteiger partial charge in [0.25, 0.3) is 0 Å². The lowest BCUT2D eigenvalue weighted by Gasteiger charge is -2.06. The van der Waals surface area contributed by atoms with E-state index in [1.807, 2.05) is 0 Å². The molecule has 10 heteroatoms. The molecule has 0 aromatic rings. The van der Waals surface area contributed by atoms with Crippen LogP contribution in [0.15, 0.2) is 0 Å². The zero-order valence-electron chi connectivity index (χ0n) is 18.4. The van der Waals surface area contributed by atoms with E-state index >= 15 is 0 Å². The summed E-state index contributed by atoms with van der Waals surface area (Å²) in [5.74, 6) is -0.0674. The Kier molecular flexibility index (Phi) is 15.9. The summed E-state index contributed by atoms with van der Waals surface area (Å²) >= 11 is 0. The minimum Gasteiger partial charge on any atom is -0.469 e. The third-order valence-corrected chi connectivity index (χ3v) is 8.43. The van der Waals surface area contributed by atoms with Gasteiger partial charge in [-0.25, -0.2) is 16.8 Å². The normalized spacial score (nSPS) is 11.9. The van der Waals surface area contributed by atoms with E-state index in [0.29, 0.717) is 77.0 Å². The maximum atomic E-state index is 12.0. The molecule has 0 unspecified atom stereocenters. The molecule has 0 aliphatic carbocycles. The second-order valence-corrected chi connectivity index (χ2v) is 12.1. The van der Waals surface area contributed by atoms with Crippen LogP contribution in [0, 0.1) is 0 Å². The standard InChI is InChI=1S/C20H38O8S2/c1-27-19(21)13-7-5-11-17-29(23,24)15-9-3-4-10-16-30(25,26)18-12-6-8-14-20(22)28-2/h3-18H2,1-2H3. The van der Waals surface area contributed by atoms with Gasteiger partial charge < -0.3 is 9.47 Å². The number of sulfone groups is 2. The summed E-state index contributed by atoms with van der Waals surface area (Å²) in [6.45, 7) is 0. The van der Waals surface area contributed by atoms with Crippen LogP contribution in [0.3, 0.4) is 0 Å². The molecule has 0 radical (unpaired) electrons. The van der Waals surface area contributed by atoms with Gasteiger partial charge in [0.05, 0.1) is 37.2 Å². The summed E-state index contributed by atoms with van der Waals surface area (Å²) in [6, 6.07) is 0. The first-order valence-corrected chi connectivity index (χ1v) is 14.3. The summed E-state index contributed by atoms with van der Waals surface area (Å²) < 4.78 is 57.0. The van der Waals surface area contributed by atoms with Gasteiger partial charge in [0.2, 0.25) is 0 Å². The molecule has 178 valence electrons. The Bertz CT molecular complexity index is 624. The number of carbonyl (C=O) groups excluding carboxylic acids is 2. The summed E-state index contributed by atoms with van der Waals surface area (Å²) in [7, 11) is -3.53. The van der Waals surface area contributed by atoms with Gasteiger partial charge >= 0.3 is 11.9 Å². The Hall–Kier alpha value is -1.16. The molecule has 0 bridgehead atoms. The van der Waals surface area contributed by atoms with Crippen LogP contribution >= 0.6 is 0 Å². The average Bonchev–Trinajstić information content (AvgIpc) is 2.69. The molecule has 0 atom stereocenters. The van der Waals surface area contributed by atoms with Crippen molar-refractivity contribution in [3.8, 4) is 0 Å². The highest BCUT2D eigenvalue weighted by Crippen LogP contribution is 2.10. The molecular formula is C20H38O8S2. The summed E-state index contributed by atoms with van der Waals surface area (Å²) in [4.78, 5) is 22.0. The van der Waals surface area contributed by atoms with Crippen molar-refractivity contribution in [2.45, 2.75) is 77.0 Å². The molecule has 0 aromatic heterocycles. The van der Waals surface area contributed by atoms with Crippen molar-refractivity contribution in [3.63, 3.8) is 0 Å². The predicted molar refractivity (Wildman–Crippen MR) is 117 cm³/mol. The van der Waals surface area contributed by atoms with Crippen molar-refractivity contribution >= 4 is 31.6 Å². The van der Waals surface area contributed by atoms with Crippen molar-refractivity contribution in [1.29, 1.82) is 0 Å². The summed E-state index contributed by atoms with van der Waals surface area (Å²) in [5.41, 5.74) is 0. The van der Waals surface area contributed by atoms with E-state index in [0.717, 1.165) is 0 Å². The Morgan fingerprint density at radius 3 is 1.03 bits per heavy atom. The number of hydrogen-bond acceptors (Lipinski definition) is 8. The molecule has 0 fully saturated rings. The minimum absolute atomic E-state index is 0.122. The highest BCUT2D eigenvalue weighted by molar-refractivity contribution is 7.91. The molecule has 0 aliphatic heterocycles. The Labute approximate surface area is 181 Å². The van der Waals surface area contributed by atoms with Gasteiger partial charge in [0.1, 0.15) is 19.7 Å². The van der Waals surface area contributed by atoms with E-state index in [1.54, 1.807) is 0 Å².